The monoisotopic (exact) mass is 276 g/mol. The molecule has 0 spiro atoms. The SMILES string of the molecule is CC(=O)OC[C@H]1OC(O)[C@@H](OC(C)=O)[C@@H]1OC(C)=O. The number of aliphatic hydroxyl groups excluding tert-OH is 1. The predicted molar refractivity (Wildman–Crippen MR) is 58.6 cm³/mol. The average molecular weight is 276 g/mol. The van der Waals surface area contributed by atoms with Crippen LogP contribution in [-0.4, -0.2) is 54.2 Å². The maximum absolute atomic E-state index is 11.0. The molecule has 0 aromatic heterocycles. The van der Waals surface area contributed by atoms with Gasteiger partial charge in [-0.05, 0) is 0 Å². The Kier molecular flexibility index (Phi) is 5.25. The van der Waals surface area contributed by atoms with Crippen LogP contribution in [0.15, 0.2) is 0 Å². The quantitative estimate of drug-likeness (QED) is 0.521. The Morgan fingerprint density at radius 3 is 2.00 bits per heavy atom. The summed E-state index contributed by atoms with van der Waals surface area (Å²) in [5, 5.41) is 9.63. The van der Waals surface area contributed by atoms with Crippen molar-refractivity contribution in [3.63, 3.8) is 0 Å². The highest BCUT2D eigenvalue weighted by Crippen LogP contribution is 2.26. The lowest BCUT2D eigenvalue weighted by Gasteiger charge is -2.21. The average Bonchev–Trinajstić information content (AvgIpc) is 2.53. The summed E-state index contributed by atoms with van der Waals surface area (Å²) >= 11 is 0. The van der Waals surface area contributed by atoms with Crippen molar-refractivity contribution in [3.05, 3.63) is 0 Å². The summed E-state index contributed by atoms with van der Waals surface area (Å²) < 4.78 is 19.6. The number of ether oxygens (including phenoxy) is 4. The van der Waals surface area contributed by atoms with Crippen molar-refractivity contribution in [2.75, 3.05) is 6.61 Å². The van der Waals surface area contributed by atoms with E-state index in [2.05, 4.69) is 0 Å². The second-order valence-electron chi connectivity index (χ2n) is 4.02. The van der Waals surface area contributed by atoms with Gasteiger partial charge in [-0.15, -0.1) is 0 Å². The summed E-state index contributed by atoms with van der Waals surface area (Å²) in [6, 6.07) is 0. The largest absolute Gasteiger partial charge is 0.463 e. The van der Waals surface area contributed by atoms with Crippen molar-refractivity contribution in [1.82, 2.24) is 0 Å². The molecule has 1 N–H and O–H groups in total. The van der Waals surface area contributed by atoms with Crippen molar-refractivity contribution in [2.45, 2.75) is 45.4 Å². The molecule has 1 aliphatic rings. The van der Waals surface area contributed by atoms with Crippen molar-refractivity contribution in [2.24, 2.45) is 0 Å². The van der Waals surface area contributed by atoms with Crippen LogP contribution in [0.5, 0.6) is 0 Å². The Morgan fingerprint density at radius 2 is 1.53 bits per heavy atom. The van der Waals surface area contributed by atoms with Crippen LogP contribution < -0.4 is 0 Å². The Hall–Kier alpha value is -1.67. The van der Waals surface area contributed by atoms with Crippen molar-refractivity contribution in [1.29, 1.82) is 0 Å². The van der Waals surface area contributed by atoms with Crippen LogP contribution in [0.25, 0.3) is 0 Å². The third-order valence-corrected chi connectivity index (χ3v) is 2.34. The van der Waals surface area contributed by atoms with Crippen LogP contribution in [0.2, 0.25) is 0 Å². The van der Waals surface area contributed by atoms with Gasteiger partial charge in [0.25, 0.3) is 0 Å². The van der Waals surface area contributed by atoms with Gasteiger partial charge in [0.15, 0.2) is 18.5 Å². The van der Waals surface area contributed by atoms with Crippen LogP contribution in [-0.2, 0) is 33.3 Å². The molecule has 0 aromatic rings. The van der Waals surface area contributed by atoms with E-state index in [-0.39, 0.29) is 6.61 Å². The summed E-state index contributed by atoms with van der Waals surface area (Å²) in [6.45, 7) is 3.30. The Balaban J connectivity index is 2.76. The highest BCUT2D eigenvalue weighted by atomic mass is 16.7. The fraction of sp³-hybridized carbons (Fsp3) is 0.727. The standard InChI is InChI=1S/C11H16O8/c1-5(12)16-4-8-9(17-6(2)13)10(11(15)19-8)18-7(3)14/h8-11,15H,4H2,1-3H3/t8-,9-,10+,11?/m1/s1. The van der Waals surface area contributed by atoms with E-state index in [4.69, 9.17) is 18.9 Å². The molecule has 1 saturated heterocycles. The number of carbonyl (C=O) groups is 3. The van der Waals surface area contributed by atoms with Crippen LogP contribution in [0.4, 0.5) is 0 Å². The summed E-state index contributed by atoms with van der Waals surface area (Å²) in [4.78, 5) is 32.7. The van der Waals surface area contributed by atoms with E-state index in [0.717, 1.165) is 6.92 Å². The minimum absolute atomic E-state index is 0.220. The zero-order valence-electron chi connectivity index (χ0n) is 10.8. The molecule has 19 heavy (non-hydrogen) atoms. The van der Waals surface area contributed by atoms with Crippen LogP contribution in [0.1, 0.15) is 20.8 Å². The third-order valence-electron chi connectivity index (χ3n) is 2.34. The molecule has 1 unspecified atom stereocenters. The van der Waals surface area contributed by atoms with Gasteiger partial charge in [-0.25, -0.2) is 0 Å². The summed E-state index contributed by atoms with van der Waals surface area (Å²) in [5.74, 6) is -1.83. The van der Waals surface area contributed by atoms with E-state index in [1.165, 1.54) is 13.8 Å². The topological polar surface area (TPSA) is 108 Å². The molecule has 8 heteroatoms. The number of carbonyl (C=O) groups excluding carboxylic acids is 3. The first kappa shape index (κ1) is 15.4. The normalized spacial score (nSPS) is 29.7. The van der Waals surface area contributed by atoms with Gasteiger partial charge < -0.3 is 24.1 Å². The Bertz CT molecular complexity index is 366. The van der Waals surface area contributed by atoms with Gasteiger partial charge in [-0.1, -0.05) is 0 Å². The summed E-state index contributed by atoms with van der Waals surface area (Å²) in [6.07, 6.45) is -4.53. The highest BCUT2D eigenvalue weighted by molar-refractivity contribution is 5.67. The molecular weight excluding hydrogens is 260 g/mol. The van der Waals surface area contributed by atoms with E-state index in [9.17, 15) is 19.5 Å². The van der Waals surface area contributed by atoms with Crippen molar-refractivity contribution in [3.8, 4) is 0 Å². The maximum atomic E-state index is 11.0. The van der Waals surface area contributed by atoms with E-state index in [1.54, 1.807) is 0 Å². The van der Waals surface area contributed by atoms with E-state index < -0.39 is 42.5 Å². The van der Waals surface area contributed by atoms with E-state index in [1.807, 2.05) is 0 Å². The summed E-state index contributed by atoms with van der Waals surface area (Å²) in [7, 11) is 0. The first-order valence-corrected chi connectivity index (χ1v) is 5.62. The molecule has 0 bridgehead atoms. The molecule has 8 nitrogen and oxygen atoms in total. The first-order valence-electron chi connectivity index (χ1n) is 5.62. The van der Waals surface area contributed by atoms with E-state index in [0.29, 0.717) is 0 Å². The molecule has 0 amide bonds. The number of hydrogen-bond donors (Lipinski definition) is 1. The Labute approximate surface area is 109 Å². The molecule has 1 rings (SSSR count). The van der Waals surface area contributed by atoms with Crippen molar-refractivity contribution >= 4 is 17.9 Å². The van der Waals surface area contributed by atoms with Crippen molar-refractivity contribution < 1.29 is 38.4 Å². The lowest BCUT2D eigenvalue weighted by molar-refractivity contribution is -0.174. The number of hydrogen-bond acceptors (Lipinski definition) is 8. The van der Waals surface area contributed by atoms with Crippen LogP contribution in [0, 0.1) is 0 Å². The van der Waals surface area contributed by atoms with Gasteiger partial charge in [0.05, 0.1) is 0 Å². The molecule has 4 atom stereocenters. The molecule has 0 aromatic carbocycles. The Morgan fingerprint density at radius 1 is 1.00 bits per heavy atom. The maximum Gasteiger partial charge on any atom is 0.303 e. The van der Waals surface area contributed by atoms with Gasteiger partial charge >= 0.3 is 17.9 Å². The molecular formula is C11H16O8. The lowest BCUT2D eigenvalue weighted by Crippen LogP contribution is -2.41. The number of esters is 3. The van der Waals surface area contributed by atoms with Crippen LogP contribution >= 0.6 is 0 Å². The second-order valence-corrected chi connectivity index (χ2v) is 4.02. The van der Waals surface area contributed by atoms with Gasteiger partial charge in [0.2, 0.25) is 0 Å². The third kappa shape index (κ3) is 4.49. The molecule has 1 heterocycles. The highest BCUT2D eigenvalue weighted by Gasteiger charge is 2.48. The predicted octanol–water partition coefficient (Wildman–Crippen LogP) is -0.870. The smallest absolute Gasteiger partial charge is 0.303 e. The fourth-order valence-electron chi connectivity index (χ4n) is 1.69. The van der Waals surface area contributed by atoms with Crippen LogP contribution in [0.3, 0.4) is 0 Å². The second kappa shape index (κ2) is 6.48. The molecule has 1 fully saturated rings. The lowest BCUT2D eigenvalue weighted by atomic mass is 10.1. The molecule has 1 aliphatic heterocycles. The number of aliphatic hydroxyl groups is 1. The van der Waals surface area contributed by atoms with Gasteiger partial charge in [-0.2, -0.15) is 0 Å². The minimum Gasteiger partial charge on any atom is -0.463 e. The van der Waals surface area contributed by atoms with Gasteiger partial charge in [-0.3, -0.25) is 14.4 Å². The number of rotatable bonds is 4. The van der Waals surface area contributed by atoms with Gasteiger partial charge in [0.1, 0.15) is 12.7 Å². The van der Waals surface area contributed by atoms with Gasteiger partial charge in [0, 0.05) is 20.8 Å². The molecule has 0 aliphatic carbocycles. The summed E-state index contributed by atoms with van der Waals surface area (Å²) in [5.41, 5.74) is 0. The molecule has 0 saturated carbocycles. The zero-order chi connectivity index (χ0) is 14.6. The molecule has 0 radical (unpaired) electrons. The van der Waals surface area contributed by atoms with E-state index >= 15 is 0 Å². The minimum atomic E-state index is -1.45. The zero-order valence-corrected chi connectivity index (χ0v) is 10.8. The molecule has 108 valence electrons. The fourth-order valence-corrected chi connectivity index (χ4v) is 1.69. The first-order chi connectivity index (χ1) is 8.81.